The second kappa shape index (κ2) is 8.04. The van der Waals surface area contributed by atoms with Gasteiger partial charge in [-0.15, -0.1) is 11.8 Å². The van der Waals surface area contributed by atoms with Crippen LogP contribution in [0.25, 0.3) is 0 Å². The molecule has 0 unspecified atom stereocenters. The molecule has 1 aromatic heterocycles. The summed E-state index contributed by atoms with van der Waals surface area (Å²) in [7, 11) is 1.68. The van der Waals surface area contributed by atoms with Crippen LogP contribution in [-0.4, -0.2) is 30.2 Å². The molecule has 0 atom stereocenters. The predicted molar refractivity (Wildman–Crippen MR) is 78.1 cm³/mol. The number of thioether (sulfide) groups is 1. The molecule has 0 saturated carbocycles. The van der Waals surface area contributed by atoms with Gasteiger partial charge in [-0.3, -0.25) is 0 Å². The number of H-pyrrole nitrogens is 1. The van der Waals surface area contributed by atoms with E-state index in [-0.39, 0.29) is 5.82 Å². The maximum Gasteiger partial charge on any atom is 0.136 e. The molecule has 1 aromatic carbocycles. The predicted octanol–water partition coefficient (Wildman–Crippen LogP) is 2.58. The van der Waals surface area contributed by atoms with Gasteiger partial charge in [0.2, 0.25) is 0 Å². The van der Waals surface area contributed by atoms with Crippen LogP contribution in [0.1, 0.15) is 11.5 Å². The largest absolute Gasteiger partial charge is 0.383 e. The van der Waals surface area contributed by atoms with Crippen molar-refractivity contribution in [1.82, 2.24) is 15.3 Å². The highest BCUT2D eigenvalue weighted by molar-refractivity contribution is 7.98. The molecule has 4 nitrogen and oxygen atoms in total. The van der Waals surface area contributed by atoms with Gasteiger partial charge in [0.15, 0.2) is 0 Å². The number of nitrogens with zero attached hydrogens (tertiary/aromatic N) is 1. The van der Waals surface area contributed by atoms with Crippen molar-refractivity contribution < 1.29 is 9.13 Å². The van der Waals surface area contributed by atoms with E-state index in [4.69, 9.17) is 4.74 Å². The number of aromatic amines is 1. The maximum absolute atomic E-state index is 13.5. The lowest BCUT2D eigenvalue weighted by Crippen LogP contribution is -2.18. The van der Waals surface area contributed by atoms with Gasteiger partial charge in [-0.1, -0.05) is 12.1 Å². The van der Waals surface area contributed by atoms with E-state index in [0.717, 1.165) is 24.6 Å². The molecular formula is C14H18FN3OS. The lowest BCUT2D eigenvalue weighted by atomic mass is 10.3. The van der Waals surface area contributed by atoms with Crippen molar-refractivity contribution >= 4 is 11.8 Å². The molecule has 2 aromatic rings. The Balaban J connectivity index is 1.79. The molecule has 0 spiro atoms. The zero-order chi connectivity index (χ0) is 14.2. The van der Waals surface area contributed by atoms with Crippen molar-refractivity contribution in [3.63, 3.8) is 0 Å². The summed E-state index contributed by atoms with van der Waals surface area (Å²) in [6.07, 6.45) is 1.80. The lowest BCUT2D eigenvalue weighted by Gasteiger charge is -2.02. The summed E-state index contributed by atoms with van der Waals surface area (Å²) in [4.78, 5) is 8.15. The number of benzene rings is 1. The molecule has 2 N–H and O–H groups in total. The standard InChI is InChI=1S/C14H18FN3OS/c1-19-7-6-16-8-11-9-17-14(18-11)10-20-13-5-3-2-4-12(13)15/h2-5,9,16H,6-8,10H2,1H3,(H,17,18). The van der Waals surface area contributed by atoms with Gasteiger partial charge in [-0.05, 0) is 12.1 Å². The normalized spacial score (nSPS) is 10.9. The molecule has 0 aliphatic carbocycles. The van der Waals surface area contributed by atoms with Gasteiger partial charge in [-0.2, -0.15) is 0 Å². The highest BCUT2D eigenvalue weighted by Gasteiger charge is 2.04. The van der Waals surface area contributed by atoms with E-state index in [9.17, 15) is 4.39 Å². The number of aromatic nitrogens is 2. The van der Waals surface area contributed by atoms with Gasteiger partial charge in [0.1, 0.15) is 11.6 Å². The van der Waals surface area contributed by atoms with Gasteiger partial charge >= 0.3 is 0 Å². The molecule has 0 radical (unpaired) electrons. The Hall–Kier alpha value is -1.37. The fraction of sp³-hybridized carbons (Fsp3) is 0.357. The number of methoxy groups -OCH3 is 1. The number of nitrogens with one attached hydrogen (secondary N) is 2. The zero-order valence-electron chi connectivity index (χ0n) is 11.4. The lowest BCUT2D eigenvalue weighted by molar-refractivity contribution is 0.199. The van der Waals surface area contributed by atoms with Gasteiger partial charge in [0, 0.05) is 37.0 Å². The second-order valence-electron chi connectivity index (χ2n) is 4.24. The first-order valence-corrected chi connectivity index (χ1v) is 7.38. The maximum atomic E-state index is 13.5. The van der Waals surface area contributed by atoms with E-state index in [1.807, 2.05) is 6.07 Å². The van der Waals surface area contributed by atoms with Crippen molar-refractivity contribution in [3.05, 3.63) is 47.8 Å². The quantitative estimate of drug-likeness (QED) is 0.580. The minimum Gasteiger partial charge on any atom is -0.383 e. The fourth-order valence-electron chi connectivity index (χ4n) is 1.67. The molecule has 0 amide bonds. The Morgan fingerprint density at radius 2 is 2.25 bits per heavy atom. The second-order valence-corrected chi connectivity index (χ2v) is 5.26. The van der Waals surface area contributed by atoms with E-state index in [1.54, 1.807) is 25.4 Å². The summed E-state index contributed by atoms with van der Waals surface area (Å²) in [6, 6.07) is 6.76. The van der Waals surface area contributed by atoms with Crippen molar-refractivity contribution in [3.8, 4) is 0 Å². The van der Waals surface area contributed by atoms with Crippen LogP contribution in [0.2, 0.25) is 0 Å². The van der Waals surface area contributed by atoms with Gasteiger partial charge in [0.05, 0.1) is 12.4 Å². The third-order valence-corrected chi connectivity index (χ3v) is 3.74. The Kier molecular flexibility index (Phi) is 6.04. The molecule has 0 aliphatic heterocycles. The Morgan fingerprint density at radius 3 is 3.05 bits per heavy atom. The molecule has 0 saturated heterocycles. The SMILES string of the molecule is COCCNCc1cnc(CSc2ccccc2F)[nH]1. The summed E-state index contributed by atoms with van der Waals surface area (Å²) < 4.78 is 18.4. The average molecular weight is 295 g/mol. The molecule has 1 heterocycles. The molecule has 0 bridgehead atoms. The molecule has 0 aliphatic rings. The van der Waals surface area contributed by atoms with Crippen LogP contribution in [0.5, 0.6) is 0 Å². The van der Waals surface area contributed by atoms with Crippen LogP contribution in [0.15, 0.2) is 35.4 Å². The smallest absolute Gasteiger partial charge is 0.136 e. The van der Waals surface area contributed by atoms with E-state index in [2.05, 4.69) is 15.3 Å². The number of hydrogen-bond donors (Lipinski definition) is 2. The highest BCUT2D eigenvalue weighted by atomic mass is 32.2. The number of ether oxygens (including phenoxy) is 1. The topological polar surface area (TPSA) is 49.9 Å². The Labute approximate surface area is 122 Å². The summed E-state index contributed by atoms with van der Waals surface area (Å²) in [5.41, 5.74) is 1.02. The zero-order valence-corrected chi connectivity index (χ0v) is 12.2. The van der Waals surface area contributed by atoms with E-state index in [0.29, 0.717) is 17.3 Å². The Morgan fingerprint density at radius 1 is 1.40 bits per heavy atom. The minimum absolute atomic E-state index is 0.189. The van der Waals surface area contributed by atoms with Crippen LogP contribution >= 0.6 is 11.8 Å². The summed E-state index contributed by atoms with van der Waals surface area (Å²) >= 11 is 1.44. The summed E-state index contributed by atoms with van der Waals surface area (Å²) in [5, 5.41) is 3.24. The van der Waals surface area contributed by atoms with Crippen molar-refractivity contribution in [1.29, 1.82) is 0 Å². The van der Waals surface area contributed by atoms with Crippen molar-refractivity contribution in [2.45, 2.75) is 17.2 Å². The van der Waals surface area contributed by atoms with Crippen LogP contribution in [0.4, 0.5) is 4.39 Å². The minimum atomic E-state index is -0.189. The van der Waals surface area contributed by atoms with E-state index < -0.39 is 0 Å². The van der Waals surface area contributed by atoms with Crippen LogP contribution < -0.4 is 5.32 Å². The average Bonchev–Trinajstić information content (AvgIpc) is 2.91. The number of halogens is 1. The van der Waals surface area contributed by atoms with E-state index >= 15 is 0 Å². The molecule has 20 heavy (non-hydrogen) atoms. The molecule has 108 valence electrons. The fourth-order valence-corrected chi connectivity index (χ4v) is 2.49. The highest BCUT2D eigenvalue weighted by Crippen LogP contribution is 2.24. The first-order chi connectivity index (χ1) is 9.79. The Bertz CT molecular complexity index is 533. The summed E-state index contributed by atoms with van der Waals surface area (Å²) in [6.45, 7) is 2.21. The van der Waals surface area contributed by atoms with Crippen LogP contribution in [-0.2, 0) is 17.0 Å². The van der Waals surface area contributed by atoms with Gasteiger partial charge < -0.3 is 15.0 Å². The number of hydrogen-bond acceptors (Lipinski definition) is 4. The van der Waals surface area contributed by atoms with E-state index in [1.165, 1.54) is 17.8 Å². The molecular weight excluding hydrogens is 277 g/mol. The number of imidazole rings is 1. The first-order valence-electron chi connectivity index (χ1n) is 6.39. The molecule has 6 heteroatoms. The van der Waals surface area contributed by atoms with Crippen molar-refractivity contribution in [2.24, 2.45) is 0 Å². The van der Waals surface area contributed by atoms with Gasteiger partial charge in [0.25, 0.3) is 0 Å². The monoisotopic (exact) mass is 295 g/mol. The summed E-state index contributed by atoms with van der Waals surface area (Å²) in [5.74, 6) is 1.28. The molecule has 0 fully saturated rings. The van der Waals surface area contributed by atoms with Crippen molar-refractivity contribution in [2.75, 3.05) is 20.3 Å². The third kappa shape index (κ3) is 4.63. The molecule has 2 rings (SSSR count). The van der Waals surface area contributed by atoms with Crippen LogP contribution in [0, 0.1) is 5.82 Å². The van der Waals surface area contributed by atoms with Crippen LogP contribution in [0.3, 0.4) is 0 Å². The first kappa shape index (κ1) is 15.0. The number of rotatable bonds is 8. The third-order valence-electron chi connectivity index (χ3n) is 2.68. The van der Waals surface area contributed by atoms with Gasteiger partial charge in [-0.25, -0.2) is 9.37 Å².